The van der Waals surface area contributed by atoms with Gasteiger partial charge in [-0.1, -0.05) is 47.0 Å². The summed E-state index contributed by atoms with van der Waals surface area (Å²) in [5.74, 6) is 1.69. The molecule has 2 rings (SSSR count). The van der Waals surface area contributed by atoms with Crippen LogP contribution in [0.3, 0.4) is 0 Å². The Bertz CT molecular complexity index is 266. The van der Waals surface area contributed by atoms with Crippen LogP contribution in [0.5, 0.6) is 0 Å². The number of halogens is 1. The van der Waals surface area contributed by atoms with Crippen LogP contribution in [0.2, 0.25) is 0 Å². The summed E-state index contributed by atoms with van der Waals surface area (Å²) >= 11 is 2.30. The summed E-state index contributed by atoms with van der Waals surface area (Å²) < 4.78 is 6.14. The Morgan fingerprint density at radius 1 is 1.38 bits per heavy atom. The van der Waals surface area contributed by atoms with Crippen molar-refractivity contribution >= 4 is 22.6 Å². The van der Waals surface area contributed by atoms with E-state index in [0.717, 1.165) is 10.2 Å². The molecule has 2 nitrogen and oxygen atoms in total. The predicted octanol–water partition coefficient (Wildman–Crippen LogP) is 3.66. The van der Waals surface area contributed by atoms with E-state index in [1.807, 2.05) is 0 Å². The van der Waals surface area contributed by atoms with Crippen LogP contribution in [0.15, 0.2) is 10.6 Å². The van der Waals surface area contributed by atoms with Gasteiger partial charge >= 0.3 is 0 Å². The first-order valence-electron chi connectivity index (χ1n) is 4.91. The third-order valence-electron chi connectivity index (χ3n) is 2.73. The summed E-state index contributed by atoms with van der Waals surface area (Å²) in [6.45, 7) is 0. The Morgan fingerprint density at radius 2 is 2.15 bits per heavy atom. The normalized spacial score (nSPS) is 19.2. The van der Waals surface area contributed by atoms with Crippen LogP contribution in [-0.2, 0) is 4.43 Å². The van der Waals surface area contributed by atoms with Gasteiger partial charge in [-0.2, -0.15) is 0 Å². The summed E-state index contributed by atoms with van der Waals surface area (Å²) in [5, 5.41) is 4.13. The zero-order valence-corrected chi connectivity index (χ0v) is 9.79. The van der Waals surface area contributed by atoms with Crippen LogP contribution in [0, 0.1) is 0 Å². The molecule has 1 saturated carbocycles. The number of nitrogens with zero attached hydrogens (tertiary/aromatic N) is 1. The Hall–Kier alpha value is -0.0600. The van der Waals surface area contributed by atoms with E-state index in [4.69, 9.17) is 4.52 Å². The van der Waals surface area contributed by atoms with Gasteiger partial charge in [0.1, 0.15) is 5.76 Å². The van der Waals surface area contributed by atoms with Gasteiger partial charge in [0, 0.05) is 12.0 Å². The molecule has 3 heteroatoms. The van der Waals surface area contributed by atoms with Crippen molar-refractivity contribution in [3.05, 3.63) is 17.5 Å². The predicted molar refractivity (Wildman–Crippen MR) is 60.1 cm³/mol. The molecule has 0 unspecified atom stereocenters. The van der Waals surface area contributed by atoms with Gasteiger partial charge in [0.2, 0.25) is 0 Å². The molecule has 0 N–H and O–H groups in total. The third kappa shape index (κ3) is 2.24. The summed E-state index contributed by atoms with van der Waals surface area (Å²) in [6, 6.07) is 2.13. The molecule has 0 amide bonds. The number of rotatable bonds is 2. The van der Waals surface area contributed by atoms with Crippen LogP contribution in [0.1, 0.15) is 49.5 Å². The van der Waals surface area contributed by atoms with E-state index in [0.29, 0.717) is 5.92 Å². The number of hydrogen-bond acceptors (Lipinski definition) is 2. The van der Waals surface area contributed by atoms with Gasteiger partial charge in [0.25, 0.3) is 0 Å². The first-order valence-corrected chi connectivity index (χ1v) is 6.44. The molecule has 0 aliphatic heterocycles. The van der Waals surface area contributed by atoms with Gasteiger partial charge in [0.15, 0.2) is 0 Å². The van der Waals surface area contributed by atoms with Crippen molar-refractivity contribution in [2.75, 3.05) is 0 Å². The van der Waals surface area contributed by atoms with Gasteiger partial charge in [-0.3, -0.25) is 0 Å². The van der Waals surface area contributed by atoms with Crippen molar-refractivity contribution in [2.45, 2.75) is 42.4 Å². The lowest BCUT2D eigenvalue weighted by molar-refractivity contribution is 0.366. The molecule has 0 radical (unpaired) electrons. The minimum Gasteiger partial charge on any atom is -0.360 e. The second-order valence-corrected chi connectivity index (χ2v) is 4.45. The maximum absolute atomic E-state index is 5.21. The molecule has 0 atom stereocenters. The van der Waals surface area contributed by atoms with E-state index in [-0.39, 0.29) is 0 Å². The van der Waals surface area contributed by atoms with Crippen LogP contribution in [0.4, 0.5) is 0 Å². The standard InChI is InChI=1S/C10H14INO/c11-7-9-6-10(12-13-9)8-4-2-1-3-5-8/h6,8H,1-5,7H2. The van der Waals surface area contributed by atoms with Gasteiger partial charge in [-0.05, 0) is 12.8 Å². The number of aromatic nitrogens is 1. The van der Waals surface area contributed by atoms with E-state index in [9.17, 15) is 0 Å². The molecule has 72 valence electrons. The molecule has 0 spiro atoms. The van der Waals surface area contributed by atoms with Crippen LogP contribution >= 0.6 is 22.6 Å². The van der Waals surface area contributed by atoms with E-state index in [1.54, 1.807) is 0 Å². The van der Waals surface area contributed by atoms with Crippen LogP contribution < -0.4 is 0 Å². The Morgan fingerprint density at radius 3 is 2.77 bits per heavy atom. The van der Waals surface area contributed by atoms with Crippen LogP contribution in [0.25, 0.3) is 0 Å². The van der Waals surface area contributed by atoms with Gasteiger partial charge < -0.3 is 4.52 Å². The molecule has 0 aromatic carbocycles. The lowest BCUT2D eigenvalue weighted by Gasteiger charge is -2.18. The van der Waals surface area contributed by atoms with Gasteiger partial charge in [0.05, 0.1) is 10.1 Å². The quantitative estimate of drug-likeness (QED) is 0.614. The van der Waals surface area contributed by atoms with Crippen molar-refractivity contribution in [1.82, 2.24) is 5.16 Å². The fourth-order valence-electron chi connectivity index (χ4n) is 1.98. The van der Waals surface area contributed by atoms with E-state index in [2.05, 4.69) is 33.8 Å². The fourth-order valence-corrected chi connectivity index (χ4v) is 2.34. The number of hydrogen-bond donors (Lipinski definition) is 0. The van der Waals surface area contributed by atoms with E-state index in [1.165, 1.54) is 37.8 Å². The van der Waals surface area contributed by atoms with Crippen molar-refractivity contribution in [3.63, 3.8) is 0 Å². The van der Waals surface area contributed by atoms with Crippen molar-refractivity contribution in [1.29, 1.82) is 0 Å². The lowest BCUT2D eigenvalue weighted by Crippen LogP contribution is -2.04. The summed E-state index contributed by atoms with van der Waals surface area (Å²) in [4.78, 5) is 0. The molecule has 1 aromatic heterocycles. The first-order chi connectivity index (χ1) is 6.40. The molecule has 1 aromatic rings. The molecular weight excluding hydrogens is 277 g/mol. The molecule has 1 aliphatic rings. The fraction of sp³-hybridized carbons (Fsp3) is 0.700. The molecule has 0 bridgehead atoms. The minimum absolute atomic E-state index is 0.675. The lowest BCUT2D eigenvalue weighted by atomic mass is 9.87. The van der Waals surface area contributed by atoms with Crippen LogP contribution in [-0.4, -0.2) is 5.16 Å². The van der Waals surface area contributed by atoms with Crippen molar-refractivity contribution in [3.8, 4) is 0 Å². The molecule has 1 heterocycles. The highest BCUT2D eigenvalue weighted by molar-refractivity contribution is 14.1. The first kappa shape index (κ1) is 9.49. The Kier molecular flexibility index (Phi) is 3.24. The summed E-state index contributed by atoms with van der Waals surface area (Å²) in [7, 11) is 0. The van der Waals surface area contributed by atoms with Gasteiger partial charge in [-0.25, -0.2) is 0 Å². The van der Waals surface area contributed by atoms with Gasteiger partial charge in [-0.15, -0.1) is 0 Å². The van der Waals surface area contributed by atoms with E-state index >= 15 is 0 Å². The SMILES string of the molecule is ICc1cc(C2CCCCC2)no1. The third-order valence-corrected chi connectivity index (χ3v) is 3.48. The average Bonchev–Trinajstić information content (AvgIpc) is 2.67. The Balaban J connectivity index is 2.05. The highest BCUT2D eigenvalue weighted by Gasteiger charge is 2.18. The second kappa shape index (κ2) is 4.44. The zero-order valence-electron chi connectivity index (χ0n) is 7.63. The summed E-state index contributed by atoms with van der Waals surface area (Å²) in [5.41, 5.74) is 1.19. The average molecular weight is 291 g/mol. The molecule has 1 fully saturated rings. The molecule has 13 heavy (non-hydrogen) atoms. The van der Waals surface area contributed by atoms with Crippen molar-refractivity contribution < 1.29 is 4.52 Å². The molecular formula is C10H14INO. The Labute approximate surface area is 92.2 Å². The largest absolute Gasteiger partial charge is 0.360 e. The smallest absolute Gasteiger partial charge is 0.146 e. The molecule has 0 saturated heterocycles. The van der Waals surface area contributed by atoms with Crippen molar-refractivity contribution in [2.24, 2.45) is 0 Å². The minimum atomic E-state index is 0.675. The highest BCUT2D eigenvalue weighted by Crippen LogP contribution is 2.32. The second-order valence-electron chi connectivity index (χ2n) is 3.69. The summed E-state index contributed by atoms with van der Waals surface area (Å²) in [6.07, 6.45) is 6.71. The zero-order chi connectivity index (χ0) is 9.10. The molecule has 1 aliphatic carbocycles. The maximum atomic E-state index is 5.21. The van der Waals surface area contributed by atoms with E-state index < -0.39 is 0 Å². The topological polar surface area (TPSA) is 26.0 Å². The highest BCUT2D eigenvalue weighted by atomic mass is 127. The number of alkyl halides is 1. The monoisotopic (exact) mass is 291 g/mol. The maximum Gasteiger partial charge on any atom is 0.146 e.